The molecule has 2 N–H and O–H groups in total. The van der Waals surface area contributed by atoms with Gasteiger partial charge in [-0.1, -0.05) is 102 Å². The summed E-state index contributed by atoms with van der Waals surface area (Å²) < 4.78 is 31.3. The number of amides is 1. The van der Waals surface area contributed by atoms with Crippen LogP contribution in [0.25, 0.3) is 0 Å². The minimum absolute atomic E-state index is 0.0531. The third kappa shape index (κ3) is 7.57. The Kier molecular flexibility index (Phi) is 14.1. The smallest absolute Gasteiger partial charge is 0.407 e. The van der Waals surface area contributed by atoms with Gasteiger partial charge in [-0.15, -0.1) is 0 Å². The molecule has 0 radical (unpaired) electrons. The number of piperidine rings is 1. The van der Waals surface area contributed by atoms with Crippen molar-refractivity contribution in [2.45, 2.75) is 83.6 Å². The van der Waals surface area contributed by atoms with Gasteiger partial charge in [0.15, 0.2) is 0 Å². The van der Waals surface area contributed by atoms with Crippen LogP contribution in [0.3, 0.4) is 0 Å². The van der Waals surface area contributed by atoms with Gasteiger partial charge in [0.1, 0.15) is 27.6 Å². The van der Waals surface area contributed by atoms with Crippen LogP contribution in [0.1, 0.15) is 64.7 Å². The van der Waals surface area contributed by atoms with E-state index in [0.717, 1.165) is 28.2 Å². The maximum Gasteiger partial charge on any atom is 0.407 e. The van der Waals surface area contributed by atoms with Crippen molar-refractivity contribution in [1.29, 1.82) is 0 Å². The number of likely N-dealkylation sites (tertiary alicyclic amines) is 1. The van der Waals surface area contributed by atoms with Gasteiger partial charge in [0.2, 0.25) is 0 Å². The molecule has 1 fully saturated rings. The van der Waals surface area contributed by atoms with Crippen LogP contribution in [0, 0.1) is 17.8 Å². The summed E-state index contributed by atoms with van der Waals surface area (Å²) in [5, 5.41) is 21.3. The molecule has 0 bridgehead atoms. The average Bonchev–Trinajstić information content (AvgIpc) is 3.12. The molecular weight excluding hydrogens is 663 g/mol. The van der Waals surface area contributed by atoms with Crippen LogP contribution < -0.4 is 9.47 Å². The SMILES string of the molecule is COc1ccccc1COCCCOc1ccc([C@]2(Cc3ccccc3)[C@H](O[SiH3])CN(C(=O)O)C(C(C)C)(C(C)C)[C@@]2(OCCO)C(C)C)cc1. The molecule has 1 saturated heterocycles. The van der Waals surface area contributed by atoms with Gasteiger partial charge in [0.05, 0.1) is 63.7 Å². The first-order chi connectivity index (χ1) is 24.5. The summed E-state index contributed by atoms with van der Waals surface area (Å²) in [4.78, 5) is 15.0. The van der Waals surface area contributed by atoms with E-state index in [0.29, 0.717) is 43.1 Å². The Morgan fingerprint density at radius 3 is 2.10 bits per heavy atom. The summed E-state index contributed by atoms with van der Waals surface area (Å²) in [5.41, 5.74) is 0.108. The molecule has 10 heteroatoms. The van der Waals surface area contributed by atoms with E-state index in [-0.39, 0.29) is 37.5 Å². The number of carboxylic acid groups (broad SMARTS) is 1. The monoisotopic (exact) mass is 721 g/mol. The average molecular weight is 722 g/mol. The molecule has 1 aliphatic rings. The number of methoxy groups -OCH3 is 1. The Balaban J connectivity index is 1.78. The van der Waals surface area contributed by atoms with E-state index < -0.39 is 28.8 Å². The van der Waals surface area contributed by atoms with Crippen LogP contribution in [0.2, 0.25) is 0 Å². The summed E-state index contributed by atoms with van der Waals surface area (Å²) in [7, 11) is 2.05. The number of hydrogen-bond donors (Lipinski definition) is 2. The molecule has 0 saturated carbocycles. The van der Waals surface area contributed by atoms with Crippen LogP contribution >= 0.6 is 0 Å². The molecule has 1 amide bonds. The number of aliphatic hydroxyl groups excluding tert-OH is 1. The Morgan fingerprint density at radius 2 is 1.53 bits per heavy atom. The highest BCUT2D eigenvalue weighted by molar-refractivity contribution is 5.98. The Hall–Kier alpha value is -3.41. The lowest BCUT2D eigenvalue weighted by Gasteiger charge is -2.72. The zero-order valence-corrected chi connectivity index (χ0v) is 33.8. The fraction of sp³-hybridized carbons (Fsp3) is 0.537. The maximum atomic E-state index is 13.4. The molecule has 0 aliphatic carbocycles. The molecule has 9 nitrogen and oxygen atoms in total. The minimum atomic E-state index is -1.13. The lowest BCUT2D eigenvalue weighted by molar-refractivity contribution is -0.284. The van der Waals surface area contributed by atoms with Crippen LogP contribution in [0.15, 0.2) is 78.9 Å². The third-order valence-electron chi connectivity index (χ3n) is 11.0. The van der Waals surface area contributed by atoms with E-state index in [1.165, 1.54) is 0 Å². The van der Waals surface area contributed by atoms with Crippen molar-refractivity contribution < 1.29 is 38.4 Å². The van der Waals surface area contributed by atoms with Gasteiger partial charge >= 0.3 is 6.09 Å². The number of nitrogens with zero attached hydrogens (tertiary/aromatic N) is 1. The summed E-state index contributed by atoms with van der Waals surface area (Å²) in [6.07, 6.45) is -0.266. The van der Waals surface area contributed by atoms with E-state index in [9.17, 15) is 15.0 Å². The van der Waals surface area contributed by atoms with Gasteiger partial charge in [-0.25, -0.2) is 4.79 Å². The predicted molar refractivity (Wildman–Crippen MR) is 204 cm³/mol. The highest BCUT2D eigenvalue weighted by Crippen LogP contribution is 2.62. The van der Waals surface area contributed by atoms with Gasteiger partial charge in [-0.2, -0.15) is 0 Å². The van der Waals surface area contributed by atoms with E-state index >= 15 is 0 Å². The number of benzene rings is 3. The summed E-state index contributed by atoms with van der Waals surface area (Å²) >= 11 is 0. The van der Waals surface area contributed by atoms with Crippen molar-refractivity contribution in [2.24, 2.45) is 17.8 Å². The summed E-state index contributed by atoms with van der Waals surface area (Å²) in [6, 6.07) is 26.3. The first-order valence-corrected chi connectivity index (χ1v) is 19.0. The minimum Gasteiger partial charge on any atom is -0.496 e. The summed E-state index contributed by atoms with van der Waals surface area (Å²) in [6.45, 7) is 14.2. The van der Waals surface area contributed by atoms with Crippen LogP contribution in [0.4, 0.5) is 4.79 Å². The number of hydrogen-bond acceptors (Lipinski definition) is 7. The topological polar surface area (TPSA) is 107 Å². The first kappa shape index (κ1) is 40.4. The summed E-state index contributed by atoms with van der Waals surface area (Å²) in [5.74, 6) is 1.06. The van der Waals surface area contributed by atoms with Crippen LogP contribution in [0.5, 0.6) is 11.5 Å². The zero-order chi connectivity index (χ0) is 37.2. The molecule has 1 heterocycles. The van der Waals surface area contributed by atoms with E-state index in [1.807, 2.05) is 54.6 Å². The first-order valence-electron chi connectivity index (χ1n) is 18.2. The lowest BCUT2D eigenvalue weighted by atomic mass is 9.44. The third-order valence-corrected chi connectivity index (χ3v) is 11.5. The zero-order valence-electron chi connectivity index (χ0n) is 31.8. The van der Waals surface area contributed by atoms with Crippen molar-refractivity contribution >= 4 is 16.6 Å². The fourth-order valence-electron chi connectivity index (χ4n) is 9.39. The highest BCUT2D eigenvalue weighted by Gasteiger charge is 2.75. The predicted octanol–water partition coefficient (Wildman–Crippen LogP) is 6.28. The fourth-order valence-corrected chi connectivity index (χ4v) is 9.95. The second-order valence-corrected chi connectivity index (χ2v) is 14.9. The molecule has 1 aliphatic heterocycles. The van der Waals surface area contributed by atoms with Crippen LogP contribution in [-0.2, 0) is 32.3 Å². The van der Waals surface area contributed by atoms with Gasteiger partial charge < -0.3 is 33.6 Å². The van der Waals surface area contributed by atoms with E-state index in [4.69, 9.17) is 23.4 Å². The quantitative estimate of drug-likeness (QED) is 0.117. The standard InChI is InChI=1S/C41H59NO8Si/c1-29(2)40(30(3)4)41(31(5)6,49-25-22-43)39(26-32-14-9-8-10-15-32,37(50-51)27-42(40)38(44)45)34-18-20-35(21-19-34)48-24-13-23-47-28-33-16-11-12-17-36(33)46-7/h8-12,14-21,29-31,37,43H,13,22-28H2,1-7,51H3,(H,44,45)/t37-,39-,41-/m1/s1. The molecular formula is C41H59NO8Si. The second kappa shape index (κ2) is 17.9. The van der Waals surface area contributed by atoms with Crippen molar-refractivity contribution in [2.75, 3.05) is 40.1 Å². The molecule has 4 rings (SSSR count). The molecule has 0 spiro atoms. The molecule has 0 unspecified atom stereocenters. The Labute approximate surface area is 307 Å². The van der Waals surface area contributed by atoms with Gasteiger partial charge in [-0.05, 0) is 53.5 Å². The molecule has 280 valence electrons. The Bertz CT molecular complexity index is 1510. The van der Waals surface area contributed by atoms with Crippen LogP contribution in [-0.4, -0.2) is 89.0 Å². The normalized spacial score (nSPS) is 21.8. The number of ether oxygens (including phenoxy) is 4. The van der Waals surface area contributed by atoms with Gasteiger partial charge in [0, 0.05) is 12.0 Å². The van der Waals surface area contributed by atoms with E-state index in [1.54, 1.807) is 12.0 Å². The lowest BCUT2D eigenvalue weighted by Crippen LogP contribution is -2.86. The van der Waals surface area contributed by atoms with Crippen molar-refractivity contribution in [3.05, 3.63) is 95.6 Å². The molecule has 3 aromatic carbocycles. The number of para-hydroxylation sites is 1. The number of aliphatic hydroxyl groups is 1. The van der Waals surface area contributed by atoms with Crippen molar-refractivity contribution in [3.8, 4) is 11.5 Å². The second-order valence-electron chi connectivity index (χ2n) is 14.4. The molecule has 3 aromatic rings. The largest absolute Gasteiger partial charge is 0.496 e. The van der Waals surface area contributed by atoms with Gasteiger partial charge in [0.25, 0.3) is 0 Å². The molecule has 51 heavy (non-hydrogen) atoms. The highest BCUT2D eigenvalue weighted by atomic mass is 28.2. The number of rotatable bonds is 18. The Morgan fingerprint density at radius 1 is 0.882 bits per heavy atom. The van der Waals surface area contributed by atoms with E-state index in [2.05, 4.69) is 65.8 Å². The molecule has 3 atom stereocenters. The number of carbonyl (C=O) groups is 1. The van der Waals surface area contributed by atoms with Crippen molar-refractivity contribution in [3.63, 3.8) is 0 Å². The maximum absolute atomic E-state index is 13.4. The van der Waals surface area contributed by atoms with Crippen molar-refractivity contribution in [1.82, 2.24) is 4.90 Å². The molecule has 0 aromatic heterocycles. The van der Waals surface area contributed by atoms with Gasteiger partial charge in [-0.3, -0.25) is 4.90 Å².